The number of nitrogens with two attached hydrogens (primary N) is 1. The number of hydrogen-bond acceptors (Lipinski definition) is 4. The van der Waals surface area contributed by atoms with E-state index < -0.39 is 0 Å². The molecule has 0 spiro atoms. The fraction of sp³-hybridized carbons (Fsp3) is 0.500. The van der Waals surface area contributed by atoms with Crippen molar-refractivity contribution in [2.45, 2.75) is 44.9 Å². The molecule has 4 heteroatoms. The van der Waals surface area contributed by atoms with E-state index in [-0.39, 0.29) is 0 Å². The lowest BCUT2D eigenvalue weighted by atomic mass is 9.80. The molecule has 1 saturated carbocycles. The fourth-order valence-electron chi connectivity index (χ4n) is 2.97. The Balaban J connectivity index is 1.72. The van der Waals surface area contributed by atoms with E-state index in [4.69, 9.17) is 10.3 Å². The highest BCUT2D eigenvalue weighted by molar-refractivity contribution is 5.56. The van der Waals surface area contributed by atoms with E-state index in [2.05, 4.69) is 17.1 Å². The second kappa shape index (κ2) is 5.65. The molecule has 1 fully saturated rings. The lowest BCUT2D eigenvalue weighted by Gasteiger charge is -2.25. The third-order valence-electron chi connectivity index (χ3n) is 4.39. The molecule has 0 atom stereocenters. The zero-order valence-electron chi connectivity index (χ0n) is 11.9. The summed E-state index contributed by atoms with van der Waals surface area (Å²) in [6, 6.07) is 7.54. The Labute approximate surface area is 119 Å². The zero-order chi connectivity index (χ0) is 13.9. The van der Waals surface area contributed by atoms with E-state index in [1.54, 1.807) is 0 Å². The first-order valence-electron chi connectivity index (χ1n) is 7.45. The van der Waals surface area contributed by atoms with Crippen LogP contribution in [0, 0.1) is 5.92 Å². The van der Waals surface area contributed by atoms with Crippen molar-refractivity contribution in [3.05, 3.63) is 30.1 Å². The minimum Gasteiger partial charge on any atom is -0.399 e. The van der Waals surface area contributed by atoms with Gasteiger partial charge < -0.3 is 10.3 Å². The first-order valence-corrected chi connectivity index (χ1v) is 7.45. The van der Waals surface area contributed by atoms with Crippen molar-refractivity contribution in [1.29, 1.82) is 0 Å². The van der Waals surface area contributed by atoms with Gasteiger partial charge in [0.2, 0.25) is 0 Å². The number of aromatic nitrogens is 2. The summed E-state index contributed by atoms with van der Waals surface area (Å²) in [5.74, 6) is 2.81. The van der Waals surface area contributed by atoms with Gasteiger partial charge in [-0.25, -0.2) is 0 Å². The van der Waals surface area contributed by atoms with Crippen LogP contribution in [0.25, 0.3) is 11.5 Å². The Morgan fingerprint density at radius 2 is 1.85 bits per heavy atom. The molecule has 4 nitrogen and oxygen atoms in total. The van der Waals surface area contributed by atoms with Crippen LogP contribution >= 0.6 is 0 Å². The SMILES string of the molecule is CCC1CCC(c2noc(-c3ccc(N)cc3)n2)CC1. The molecule has 1 heterocycles. The molecule has 3 rings (SSSR count). The molecule has 0 amide bonds. The van der Waals surface area contributed by atoms with Crippen LogP contribution in [-0.4, -0.2) is 10.1 Å². The van der Waals surface area contributed by atoms with Gasteiger partial charge in [0.1, 0.15) is 0 Å². The van der Waals surface area contributed by atoms with Crippen LogP contribution < -0.4 is 5.73 Å². The number of anilines is 1. The van der Waals surface area contributed by atoms with Crippen LogP contribution in [-0.2, 0) is 0 Å². The summed E-state index contributed by atoms with van der Waals surface area (Å²) < 4.78 is 5.40. The minimum absolute atomic E-state index is 0.462. The molecule has 1 aliphatic rings. The quantitative estimate of drug-likeness (QED) is 0.857. The van der Waals surface area contributed by atoms with Gasteiger partial charge >= 0.3 is 0 Å². The zero-order valence-corrected chi connectivity index (χ0v) is 11.9. The van der Waals surface area contributed by atoms with E-state index in [1.165, 1.54) is 32.1 Å². The standard InChI is InChI=1S/C16H21N3O/c1-2-11-3-5-12(6-4-11)15-18-16(20-19-15)13-7-9-14(17)10-8-13/h7-12H,2-6,17H2,1H3. The third-order valence-corrected chi connectivity index (χ3v) is 4.39. The number of hydrogen-bond donors (Lipinski definition) is 1. The minimum atomic E-state index is 0.462. The fourth-order valence-corrected chi connectivity index (χ4v) is 2.97. The number of rotatable bonds is 3. The molecule has 0 radical (unpaired) electrons. The van der Waals surface area contributed by atoms with Gasteiger partial charge in [-0.2, -0.15) is 4.98 Å². The maximum atomic E-state index is 5.69. The monoisotopic (exact) mass is 271 g/mol. The highest BCUT2D eigenvalue weighted by atomic mass is 16.5. The van der Waals surface area contributed by atoms with Crippen molar-refractivity contribution in [2.75, 3.05) is 5.73 Å². The van der Waals surface area contributed by atoms with E-state index in [1.807, 2.05) is 24.3 Å². The first kappa shape index (κ1) is 13.2. The maximum absolute atomic E-state index is 5.69. The second-order valence-electron chi connectivity index (χ2n) is 5.71. The van der Waals surface area contributed by atoms with E-state index >= 15 is 0 Å². The average Bonchev–Trinajstić information content (AvgIpc) is 2.98. The van der Waals surface area contributed by atoms with Gasteiger partial charge in [0.15, 0.2) is 5.82 Å². The molecule has 0 bridgehead atoms. The molecule has 0 aliphatic heterocycles. The van der Waals surface area contributed by atoms with Gasteiger partial charge in [-0.1, -0.05) is 18.5 Å². The highest BCUT2D eigenvalue weighted by Gasteiger charge is 2.25. The Morgan fingerprint density at radius 3 is 2.50 bits per heavy atom. The third kappa shape index (κ3) is 2.69. The summed E-state index contributed by atoms with van der Waals surface area (Å²) in [5, 5.41) is 4.17. The largest absolute Gasteiger partial charge is 0.399 e. The van der Waals surface area contributed by atoms with Crippen molar-refractivity contribution in [3.63, 3.8) is 0 Å². The van der Waals surface area contributed by atoms with E-state index in [0.717, 1.165) is 23.0 Å². The van der Waals surface area contributed by atoms with Crippen LogP contribution in [0.5, 0.6) is 0 Å². The van der Waals surface area contributed by atoms with Gasteiger partial charge in [-0.15, -0.1) is 0 Å². The van der Waals surface area contributed by atoms with Crippen LogP contribution in [0.2, 0.25) is 0 Å². The number of nitrogens with zero attached hydrogens (tertiary/aromatic N) is 2. The average molecular weight is 271 g/mol. The normalized spacial score (nSPS) is 22.9. The predicted molar refractivity (Wildman–Crippen MR) is 79.1 cm³/mol. The van der Waals surface area contributed by atoms with E-state index in [0.29, 0.717) is 11.8 Å². The summed E-state index contributed by atoms with van der Waals surface area (Å²) >= 11 is 0. The molecule has 1 aromatic heterocycles. The molecule has 20 heavy (non-hydrogen) atoms. The molecule has 1 aromatic carbocycles. The van der Waals surface area contributed by atoms with Crippen molar-refractivity contribution in [1.82, 2.24) is 10.1 Å². The summed E-state index contributed by atoms with van der Waals surface area (Å²) in [6.45, 7) is 2.28. The van der Waals surface area contributed by atoms with Gasteiger partial charge in [-0.05, 0) is 55.9 Å². The van der Waals surface area contributed by atoms with Gasteiger partial charge in [0, 0.05) is 17.2 Å². The molecular weight excluding hydrogens is 250 g/mol. The predicted octanol–water partition coefficient (Wildman–Crippen LogP) is 4.00. The van der Waals surface area contributed by atoms with Crippen molar-refractivity contribution in [3.8, 4) is 11.5 Å². The van der Waals surface area contributed by atoms with Gasteiger partial charge in [0.25, 0.3) is 5.89 Å². The van der Waals surface area contributed by atoms with Crippen LogP contribution in [0.4, 0.5) is 5.69 Å². The summed E-state index contributed by atoms with van der Waals surface area (Å²) in [6.07, 6.45) is 6.22. The van der Waals surface area contributed by atoms with Crippen molar-refractivity contribution in [2.24, 2.45) is 5.92 Å². The lowest BCUT2D eigenvalue weighted by Crippen LogP contribution is -2.13. The van der Waals surface area contributed by atoms with Crippen molar-refractivity contribution >= 4 is 5.69 Å². The van der Waals surface area contributed by atoms with Crippen LogP contribution in [0.1, 0.15) is 50.8 Å². The number of nitrogen functional groups attached to an aromatic ring is 1. The summed E-state index contributed by atoms with van der Waals surface area (Å²) in [5.41, 5.74) is 7.36. The smallest absolute Gasteiger partial charge is 0.257 e. The van der Waals surface area contributed by atoms with Crippen molar-refractivity contribution < 1.29 is 4.52 Å². The summed E-state index contributed by atoms with van der Waals surface area (Å²) in [7, 11) is 0. The lowest BCUT2D eigenvalue weighted by molar-refractivity contribution is 0.305. The molecule has 0 unspecified atom stereocenters. The molecule has 0 saturated heterocycles. The molecule has 2 aromatic rings. The molecule has 1 aliphatic carbocycles. The topological polar surface area (TPSA) is 64.9 Å². The molecule has 106 valence electrons. The Bertz CT molecular complexity index is 553. The van der Waals surface area contributed by atoms with Gasteiger partial charge in [0.05, 0.1) is 0 Å². The number of benzene rings is 1. The summed E-state index contributed by atoms with van der Waals surface area (Å²) in [4.78, 5) is 4.57. The first-order chi connectivity index (χ1) is 9.76. The van der Waals surface area contributed by atoms with Gasteiger partial charge in [-0.3, -0.25) is 0 Å². The molecular formula is C16H21N3O. The second-order valence-corrected chi connectivity index (χ2v) is 5.71. The highest BCUT2D eigenvalue weighted by Crippen LogP contribution is 2.36. The van der Waals surface area contributed by atoms with Crippen LogP contribution in [0.3, 0.4) is 0 Å². The Kier molecular flexibility index (Phi) is 3.72. The maximum Gasteiger partial charge on any atom is 0.257 e. The Hall–Kier alpha value is -1.84. The Morgan fingerprint density at radius 1 is 1.15 bits per heavy atom. The molecule has 2 N–H and O–H groups in total. The van der Waals surface area contributed by atoms with E-state index in [9.17, 15) is 0 Å². The van der Waals surface area contributed by atoms with Crippen LogP contribution in [0.15, 0.2) is 28.8 Å².